The molecule has 0 bridgehead atoms. The highest BCUT2D eigenvalue weighted by atomic mass is 35.5. The van der Waals surface area contributed by atoms with Crippen LogP contribution in [0, 0.1) is 0 Å². The second-order valence-corrected chi connectivity index (χ2v) is 10.8. The minimum absolute atomic E-state index is 0.0924. The number of carbonyl (C=O) groups excluding carboxylic acids is 2. The van der Waals surface area contributed by atoms with E-state index in [1.54, 1.807) is 24.3 Å². The third-order valence-corrected chi connectivity index (χ3v) is 8.16. The van der Waals surface area contributed by atoms with E-state index in [0.717, 1.165) is 48.2 Å². The zero-order chi connectivity index (χ0) is 26.3. The highest BCUT2D eigenvalue weighted by Crippen LogP contribution is 2.50. The molecule has 2 aromatic rings. The highest BCUT2D eigenvalue weighted by molar-refractivity contribution is 6.35. The number of ether oxygens (including phenoxy) is 2. The van der Waals surface area contributed by atoms with E-state index in [1.807, 2.05) is 20.0 Å². The van der Waals surface area contributed by atoms with Crippen molar-refractivity contribution in [2.75, 3.05) is 13.7 Å². The van der Waals surface area contributed by atoms with Crippen LogP contribution in [0.3, 0.4) is 0 Å². The summed E-state index contributed by atoms with van der Waals surface area (Å²) in [5.74, 6) is 0.576. The lowest BCUT2D eigenvalue weighted by molar-refractivity contribution is -0.117. The maximum Gasteiger partial charge on any atom is 0.180 e. The first-order valence-electron chi connectivity index (χ1n) is 12.6. The molecule has 37 heavy (non-hydrogen) atoms. The third-order valence-electron chi connectivity index (χ3n) is 7.30. The van der Waals surface area contributed by atoms with Crippen LogP contribution in [0.15, 0.2) is 52.9 Å². The van der Waals surface area contributed by atoms with Crippen molar-refractivity contribution in [3.63, 3.8) is 0 Å². The molecule has 0 saturated carbocycles. The van der Waals surface area contributed by atoms with Crippen molar-refractivity contribution in [2.45, 2.75) is 58.0 Å². The van der Waals surface area contributed by atoms with E-state index in [2.05, 4.69) is 4.90 Å². The molecule has 1 aliphatic heterocycles. The molecule has 5 rings (SSSR count). The van der Waals surface area contributed by atoms with E-state index in [9.17, 15) is 9.59 Å². The van der Waals surface area contributed by atoms with Crippen molar-refractivity contribution >= 4 is 46.4 Å². The first kappa shape index (κ1) is 26.1. The summed E-state index contributed by atoms with van der Waals surface area (Å²) in [4.78, 5) is 28.7. The zero-order valence-corrected chi connectivity index (χ0v) is 23.1. The van der Waals surface area contributed by atoms with E-state index in [0.29, 0.717) is 57.2 Å². The van der Waals surface area contributed by atoms with Gasteiger partial charge in [0.15, 0.2) is 23.1 Å². The Hall–Kier alpha value is -2.47. The molecule has 0 aromatic heterocycles. The molecule has 0 radical (unpaired) electrons. The molecular weight excluding hydrogens is 533 g/mol. The molecule has 0 spiro atoms. The molecular formula is C29H28Cl3NO4. The van der Waals surface area contributed by atoms with Crippen LogP contribution in [0.2, 0.25) is 15.1 Å². The number of halogens is 3. The number of ketones is 2. The Kier molecular flexibility index (Phi) is 7.58. The smallest absolute Gasteiger partial charge is 0.180 e. The van der Waals surface area contributed by atoms with Crippen LogP contribution < -0.4 is 9.47 Å². The van der Waals surface area contributed by atoms with Gasteiger partial charge in [0.2, 0.25) is 0 Å². The number of Topliss-reactive ketones (excluding diaryl/α,β-unsaturated/α-hetero) is 2. The number of rotatable bonds is 6. The zero-order valence-electron chi connectivity index (χ0n) is 20.8. The summed E-state index contributed by atoms with van der Waals surface area (Å²) in [6, 6.07) is 8.88. The minimum Gasteiger partial charge on any atom is -0.490 e. The second-order valence-electron chi connectivity index (χ2n) is 9.55. The van der Waals surface area contributed by atoms with Crippen LogP contribution in [0.4, 0.5) is 0 Å². The van der Waals surface area contributed by atoms with Gasteiger partial charge in [0.25, 0.3) is 0 Å². The lowest BCUT2D eigenvalue weighted by Crippen LogP contribution is -2.37. The number of carbonyl (C=O) groups is 2. The van der Waals surface area contributed by atoms with Crippen LogP contribution in [-0.4, -0.2) is 30.1 Å². The monoisotopic (exact) mass is 559 g/mol. The van der Waals surface area contributed by atoms with Crippen molar-refractivity contribution in [3.8, 4) is 11.5 Å². The van der Waals surface area contributed by atoms with E-state index in [-0.39, 0.29) is 18.2 Å². The van der Waals surface area contributed by atoms with Crippen molar-refractivity contribution in [3.05, 3.63) is 79.1 Å². The normalized spacial score (nSPS) is 18.2. The fraction of sp³-hybridized carbons (Fsp3) is 0.379. The predicted octanol–water partition coefficient (Wildman–Crippen LogP) is 7.67. The summed E-state index contributed by atoms with van der Waals surface area (Å²) in [6.45, 7) is 2.45. The number of nitrogens with zero attached hydrogens (tertiary/aromatic N) is 1. The van der Waals surface area contributed by atoms with Crippen molar-refractivity contribution in [1.29, 1.82) is 0 Å². The van der Waals surface area contributed by atoms with Crippen molar-refractivity contribution in [1.82, 2.24) is 4.90 Å². The maximum absolute atomic E-state index is 13.3. The summed E-state index contributed by atoms with van der Waals surface area (Å²) in [6.07, 6.45) is 4.22. The van der Waals surface area contributed by atoms with Crippen LogP contribution in [0.5, 0.6) is 11.5 Å². The Morgan fingerprint density at radius 2 is 1.51 bits per heavy atom. The Bertz CT molecular complexity index is 1300. The first-order chi connectivity index (χ1) is 17.8. The molecule has 2 aliphatic carbocycles. The highest BCUT2D eigenvalue weighted by Gasteiger charge is 2.42. The average Bonchev–Trinajstić information content (AvgIpc) is 2.86. The van der Waals surface area contributed by atoms with Crippen LogP contribution in [-0.2, 0) is 16.2 Å². The lowest BCUT2D eigenvalue weighted by atomic mass is 9.71. The largest absolute Gasteiger partial charge is 0.490 e. The van der Waals surface area contributed by atoms with Crippen molar-refractivity contribution in [2.24, 2.45) is 0 Å². The fourth-order valence-electron chi connectivity index (χ4n) is 5.63. The van der Waals surface area contributed by atoms with Gasteiger partial charge in [0.05, 0.1) is 11.6 Å². The Morgan fingerprint density at radius 3 is 2.11 bits per heavy atom. The SMILES string of the molecule is CCOc1cc(C2C3=C(CCCC3=O)N(C)C3=C2C(=O)CCC3)cc(Cl)c1OCc1ccc(Cl)cc1Cl. The van der Waals surface area contributed by atoms with Gasteiger partial charge in [-0.1, -0.05) is 40.9 Å². The predicted molar refractivity (Wildman–Crippen MR) is 146 cm³/mol. The second kappa shape index (κ2) is 10.7. The standard InChI is InChI=1S/C29H28Cl3NO4/c1-3-36-25-13-17(12-20(32)29(25)37-15-16-10-11-18(30)14-19(16)31)26-27-21(6-4-8-23(27)34)33(2)22-7-5-9-24(35)28(22)26/h10-14,26H,3-9,15H2,1-2H3. The van der Waals surface area contributed by atoms with E-state index >= 15 is 0 Å². The lowest BCUT2D eigenvalue weighted by Gasteiger charge is -2.42. The molecule has 0 unspecified atom stereocenters. The molecule has 8 heteroatoms. The quantitative estimate of drug-likeness (QED) is 0.363. The molecule has 0 saturated heterocycles. The Morgan fingerprint density at radius 1 is 0.865 bits per heavy atom. The number of benzene rings is 2. The topological polar surface area (TPSA) is 55.8 Å². The molecule has 2 aromatic carbocycles. The third kappa shape index (κ3) is 4.89. The Balaban J connectivity index is 1.59. The molecule has 0 fully saturated rings. The number of hydrogen-bond donors (Lipinski definition) is 0. The van der Waals surface area contributed by atoms with E-state index in [1.165, 1.54) is 0 Å². The summed E-state index contributed by atoms with van der Waals surface area (Å²) < 4.78 is 12.0. The van der Waals surface area contributed by atoms with Gasteiger partial charge in [-0.15, -0.1) is 0 Å². The van der Waals surface area contributed by atoms with Gasteiger partial charge >= 0.3 is 0 Å². The van der Waals surface area contributed by atoms with Crippen LogP contribution in [0.1, 0.15) is 62.5 Å². The van der Waals surface area contributed by atoms with Gasteiger partial charge in [-0.3, -0.25) is 9.59 Å². The van der Waals surface area contributed by atoms with Gasteiger partial charge in [0.1, 0.15) is 6.61 Å². The van der Waals surface area contributed by atoms with E-state index in [4.69, 9.17) is 44.3 Å². The molecule has 194 valence electrons. The summed E-state index contributed by atoms with van der Waals surface area (Å²) in [5, 5.41) is 1.39. The fourth-order valence-corrected chi connectivity index (χ4v) is 6.37. The van der Waals surface area contributed by atoms with Gasteiger partial charge in [0, 0.05) is 64.0 Å². The number of hydrogen-bond acceptors (Lipinski definition) is 5. The first-order valence-corrected chi connectivity index (χ1v) is 13.7. The van der Waals surface area contributed by atoms with Gasteiger partial charge in [-0.2, -0.15) is 0 Å². The Labute approximate surface area is 232 Å². The van der Waals surface area contributed by atoms with Gasteiger partial charge in [-0.05, 0) is 62.4 Å². The molecule has 0 N–H and O–H groups in total. The van der Waals surface area contributed by atoms with E-state index < -0.39 is 5.92 Å². The molecule has 0 atom stereocenters. The van der Waals surface area contributed by atoms with Crippen molar-refractivity contribution < 1.29 is 19.1 Å². The maximum atomic E-state index is 13.3. The van der Waals surface area contributed by atoms with Crippen LogP contribution in [0.25, 0.3) is 0 Å². The number of allylic oxidation sites excluding steroid dienone is 4. The molecule has 3 aliphatic rings. The molecule has 0 amide bonds. The van der Waals surface area contributed by atoms with Gasteiger partial charge in [-0.25, -0.2) is 0 Å². The summed E-state index contributed by atoms with van der Waals surface area (Å²) >= 11 is 19.1. The summed E-state index contributed by atoms with van der Waals surface area (Å²) in [7, 11) is 1.98. The van der Waals surface area contributed by atoms with Gasteiger partial charge < -0.3 is 14.4 Å². The summed E-state index contributed by atoms with van der Waals surface area (Å²) in [5.41, 5.74) is 4.98. The molecule has 5 nitrogen and oxygen atoms in total. The minimum atomic E-state index is -0.460. The average molecular weight is 561 g/mol. The molecule has 1 heterocycles. The van der Waals surface area contributed by atoms with Crippen LogP contribution >= 0.6 is 34.8 Å².